The SMILES string of the molecule is CC(C(=O)NC1CC1)N1CCN(CC2CCNCC2)CC1.Cl. The van der Waals surface area contributed by atoms with E-state index in [1.165, 1.54) is 45.3 Å². The second-order valence-electron chi connectivity index (χ2n) is 6.99. The van der Waals surface area contributed by atoms with E-state index in [0.29, 0.717) is 6.04 Å². The van der Waals surface area contributed by atoms with Crippen LogP contribution in [0.25, 0.3) is 0 Å². The Kier molecular flexibility index (Phi) is 6.93. The Morgan fingerprint density at radius 1 is 1.14 bits per heavy atom. The molecule has 2 heterocycles. The summed E-state index contributed by atoms with van der Waals surface area (Å²) in [6, 6.07) is 0.507. The normalized spacial score (nSPS) is 26.2. The summed E-state index contributed by atoms with van der Waals surface area (Å²) in [4.78, 5) is 17.1. The minimum atomic E-state index is 0. The molecular weight excluding hydrogens is 300 g/mol. The number of rotatable bonds is 5. The predicted octanol–water partition coefficient (Wildman–Crippen LogP) is 0.693. The standard InChI is InChI=1S/C16H30N4O.ClH/c1-13(16(21)18-15-2-3-15)20-10-8-19(9-11-20)12-14-4-6-17-7-5-14;/h13-15,17H,2-12H2,1H3,(H,18,21);1H. The first kappa shape index (κ1) is 18.0. The maximum atomic E-state index is 12.1. The van der Waals surface area contributed by atoms with E-state index in [2.05, 4.69) is 27.4 Å². The fraction of sp³-hybridized carbons (Fsp3) is 0.938. The summed E-state index contributed by atoms with van der Waals surface area (Å²) < 4.78 is 0. The summed E-state index contributed by atoms with van der Waals surface area (Å²) in [6.45, 7) is 9.97. The number of piperazine rings is 1. The molecule has 2 aliphatic heterocycles. The van der Waals surface area contributed by atoms with Gasteiger partial charge in [0.2, 0.25) is 5.91 Å². The highest BCUT2D eigenvalue weighted by atomic mass is 35.5. The highest BCUT2D eigenvalue weighted by Crippen LogP contribution is 2.19. The van der Waals surface area contributed by atoms with Gasteiger partial charge in [-0.2, -0.15) is 0 Å². The third-order valence-corrected chi connectivity index (χ3v) is 5.23. The Morgan fingerprint density at radius 2 is 1.77 bits per heavy atom. The number of nitrogens with zero attached hydrogens (tertiary/aromatic N) is 2. The lowest BCUT2D eigenvalue weighted by molar-refractivity contribution is -0.126. The lowest BCUT2D eigenvalue weighted by Crippen LogP contribution is -2.54. The summed E-state index contributed by atoms with van der Waals surface area (Å²) in [6.07, 6.45) is 4.98. The molecule has 2 saturated heterocycles. The third kappa shape index (κ3) is 5.08. The quantitative estimate of drug-likeness (QED) is 0.779. The molecule has 3 rings (SSSR count). The Labute approximate surface area is 140 Å². The lowest BCUT2D eigenvalue weighted by atomic mass is 9.97. The van der Waals surface area contributed by atoms with Crippen molar-refractivity contribution in [1.29, 1.82) is 0 Å². The van der Waals surface area contributed by atoms with Gasteiger partial charge in [0, 0.05) is 38.8 Å². The van der Waals surface area contributed by atoms with Gasteiger partial charge in [-0.25, -0.2) is 0 Å². The molecule has 128 valence electrons. The van der Waals surface area contributed by atoms with Crippen LogP contribution in [0.3, 0.4) is 0 Å². The number of nitrogens with one attached hydrogen (secondary N) is 2. The first-order valence-corrected chi connectivity index (χ1v) is 8.70. The molecule has 1 aliphatic carbocycles. The third-order valence-electron chi connectivity index (χ3n) is 5.23. The van der Waals surface area contributed by atoms with Crippen LogP contribution in [0, 0.1) is 5.92 Å². The van der Waals surface area contributed by atoms with Crippen LogP contribution in [0.2, 0.25) is 0 Å². The van der Waals surface area contributed by atoms with Gasteiger partial charge in [-0.1, -0.05) is 0 Å². The Bertz CT molecular complexity index is 350. The fourth-order valence-electron chi connectivity index (χ4n) is 3.48. The van der Waals surface area contributed by atoms with Crippen LogP contribution in [-0.4, -0.2) is 73.6 Å². The molecule has 1 atom stereocenters. The summed E-state index contributed by atoms with van der Waals surface area (Å²) in [7, 11) is 0. The zero-order chi connectivity index (χ0) is 14.7. The van der Waals surface area contributed by atoms with Crippen LogP contribution in [0.15, 0.2) is 0 Å². The Hall–Kier alpha value is -0.360. The van der Waals surface area contributed by atoms with Gasteiger partial charge in [0.1, 0.15) is 0 Å². The minimum absolute atomic E-state index is 0. The van der Waals surface area contributed by atoms with Gasteiger partial charge in [-0.05, 0) is 51.6 Å². The van der Waals surface area contributed by atoms with Gasteiger partial charge in [-0.3, -0.25) is 9.69 Å². The number of carbonyl (C=O) groups excluding carboxylic acids is 1. The van der Waals surface area contributed by atoms with Crippen molar-refractivity contribution in [3.63, 3.8) is 0 Å². The molecule has 1 unspecified atom stereocenters. The van der Waals surface area contributed by atoms with E-state index in [1.54, 1.807) is 0 Å². The van der Waals surface area contributed by atoms with Gasteiger partial charge in [-0.15, -0.1) is 12.4 Å². The molecule has 0 radical (unpaired) electrons. The fourth-order valence-corrected chi connectivity index (χ4v) is 3.48. The molecule has 0 aromatic rings. The summed E-state index contributed by atoms with van der Waals surface area (Å²) in [5.41, 5.74) is 0. The molecule has 5 nitrogen and oxygen atoms in total. The van der Waals surface area contributed by atoms with Crippen LogP contribution in [0.1, 0.15) is 32.6 Å². The van der Waals surface area contributed by atoms with Gasteiger partial charge >= 0.3 is 0 Å². The van der Waals surface area contributed by atoms with Crippen molar-refractivity contribution in [2.75, 3.05) is 45.8 Å². The highest BCUT2D eigenvalue weighted by molar-refractivity contribution is 5.85. The Balaban J connectivity index is 0.00000176. The van der Waals surface area contributed by atoms with E-state index in [4.69, 9.17) is 0 Å². The minimum Gasteiger partial charge on any atom is -0.352 e. The van der Waals surface area contributed by atoms with Crippen molar-refractivity contribution < 1.29 is 4.79 Å². The van der Waals surface area contributed by atoms with Gasteiger partial charge in [0.25, 0.3) is 0 Å². The van der Waals surface area contributed by atoms with Crippen LogP contribution >= 0.6 is 12.4 Å². The molecule has 22 heavy (non-hydrogen) atoms. The molecule has 1 amide bonds. The van der Waals surface area contributed by atoms with Gasteiger partial charge < -0.3 is 15.5 Å². The monoisotopic (exact) mass is 330 g/mol. The largest absolute Gasteiger partial charge is 0.352 e. The lowest BCUT2D eigenvalue weighted by Gasteiger charge is -2.39. The highest BCUT2D eigenvalue weighted by Gasteiger charge is 2.30. The predicted molar refractivity (Wildman–Crippen MR) is 91.5 cm³/mol. The first-order valence-electron chi connectivity index (χ1n) is 8.70. The van der Waals surface area contributed by atoms with Crippen LogP contribution in [-0.2, 0) is 4.79 Å². The van der Waals surface area contributed by atoms with Crippen LogP contribution in [0.5, 0.6) is 0 Å². The van der Waals surface area contributed by atoms with Crippen molar-refractivity contribution in [3.8, 4) is 0 Å². The Morgan fingerprint density at radius 3 is 2.36 bits per heavy atom. The molecule has 6 heteroatoms. The van der Waals surface area contributed by atoms with E-state index in [0.717, 1.165) is 32.1 Å². The van der Waals surface area contributed by atoms with E-state index < -0.39 is 0 Å². The number of hydrogen-bond donors (Lipinski definition) is 2. The number of amides is 1. The van der Waals surface area contributed by atoms with Crippen molar-refractivity contribution >= 4 is 18.3 Å². The maximum absolute atomic E-state index is 12.1. The molecule has 2 N–H and O–H groups in total. The number of halogens is 1. The average molecular weight is 331 g/mol. The van der Waals surface area contributed by atoms with Crippen molar-refractivity contribution in [2.24, 2.45) is 5.92 Å². The first-order chi connectivity index (χ1) is 10.2. The molecular formula is C16H31ClN4O. The molecule has 0 aromatic heterocycles. The van der Waals surface area contributed by atoms with E-state index in [-0.39, 0.29) is 24.4 Å². The van der Waals surface area contributed by atoms with E-state index >= 15 is 0 Å². The van der Waals surface area contributed by atoms with Crippen LogP contribution in [0.4, 0.5) is 0 Å². The van der Waals surface area contributed by atoms with Crippen molar-refractivity contribution in [1.82, 2.24) is 20.4 Å². The number of carbonyl (C=O) groups is 1. The van der Waals surface area contributed by atoms with Crippen molar-refractivity contribution in [3.05, 3.63) is 0 Å². The second-order valence-corrected chi connectivity index (χ2v) is 6.99. The summed E-state index contributed by atoms with van der Waals surface area (Å²) in [5.74, 6) is 1.10. The second kappa shape index (κ2) is 8.48. The summed E-state index contributed by atoms with van der Waals surface area (Å²) in [5, 5.41) is 6.56. The van der Waals surface area contributed by atoms with Gasteiger partial charge in [0.15, 0.2) is 0 Å². The molecule has 0 spiro atoms. The molecule has 3 aliphatic rings. The zero-order valence-corrected chi connectivity index (χ0v) is 14.5. The average Bonchev–Trinajstić information content (AvgIpc) is 3.32. The molecule has 1 saturated carbocycles. The van der Waals surface area contributed by atoms with Crippen LogP contribution < -0.4 is 10.6 Å². The molecule has 0 bridgehead atoms. The zero-order valence-electron chi connectivity index (χ0n) is 13.7. The topological polar surface area (TPSA) is 47.6 Å². The van der Waals surface area contributed by atoms with Gasteiger partial charge in [0.05, 0.1) is 6.04 Å². The number of piperidine rings is 1. The maximum Gasteiger partial charge on any atom is 0.237 e. The molecule has 0 aromatic carbocycles. The van der Waals surface area contributed by atoms with E-state index in [1.807, 2.05) is 0 Å². The van der Waals surface area contributed by atoms with E-state index in [9.17, 15) is 4.79 Å². The number of hydrogen-bond acceptors (Lipinski definition) is 4. The van der Waals surface area contributed by atoms with Crippen molar-refractivity contribution in [2.45, 2.75) is 44.7 Å². The molecule has 3 fully saturated rings. The smallest absolute Gasteiger partial charge is 0.237 e. The summed E-state index contributed by atoms with van der Waals surface area (Å²) >= 11 is 0.